The summed E-state index contributed by atoms with van der Waals surface area (Å²) in [6.45, 7) is 0. The Balaban J connectivity index is 0.000000523. The van der Waals surface area contributed by atoms with Crippen molar-refractivity contribution in [2.45, 2.75) is 0 Å². The van der Waals surface area contributed by atoms with Crippen LogP contribution in [0.2, 0.25) is 0 Å². The first-order chi connectivity index (χ1) is 12.7. The van der Waals surface area contributed by atoms with Gasteiger partial charge in [0.2, 0.25) is 11.6 Å². The van der Waals surface area contributed by atoms with Crippen molar-refractivity contribution >= 4 is 60.8 Å². The molecular weight excluding hydrogens is 559 g/mol. The van der Waals surface area contributed by atoms with Crippen molar-refractivity contribution in [3.05, 3.63) is 69.3 Å². The summed E-state index contributed by atoms with van der Waals surface area (Å²) in [4.78, 5) is 20.0. The molecule has 0 radical (unpaired) electrons. The van der Waals surface area contributed by atoms with Crippen LogP contribution >= 0.6 is 0 Å². The zero-order chi connectivity index (χ0) is 22.1. The van der Waals surface area contributed by atoms with Crippen LogP contribution < -0.4 is 10.2 Å². The molecule has 0 aliphatic heterocycles. The normalized spacial score (nSPS) is 10.0. The second-order valence-corrected chi connectivity index (χ2v) is 4.46. The molecule has 15 heteroatoms. The molecule has 0 N–H and O–H groups in total. The van der Waals surface area contributed by atoms with E-state index < -0.39 is 81.2 Å². The number of carboxylic acids is 2. The van der Waals surface area contributed by atoms with Gasteiger partial charge in [-0.2, -0.15) is 0 Å². The van der Waals surface area contributed by atoms with Crippen LogP contribution in [0.3, 0.4) is 0 Å². The minimum atomic E-state index is -2.47. The van der Waals surface area contributed by atoms with Gasteiger partial charge in [0, 0.05) is 0 Å². The second kappa shape index (κ2) is 10.3. The fourth-order valence-electron chi connectivity index (χ4n) is 1.57. The number of hydrogen-bond donors (Lipinski definition) is 0. The van der Waals surface area contributed by atoms with E-state index in [1.54, 1.807) is 0 Å². The van der Waals surface area contributed by atoms with E-state index in [0.29, 0.717) is 0 Å². The first kappa shape index (κ1) is 27.3. The van der Waals surface area contributed by atoms with Crippen molar-refractivity contribution < 1.29 is 63.7 Å². The van der Waals surface area contributed by atoms with Crippen molar-refractivity contribution in [1.82, 2.24) is 0 Å². The predicted octanol–water partition coefficient (Wildman–Crippen LogP) is 1.11. The number of rotatable bonds is 2. The van der Waals surface area contributed by atoms with Crippen molar-refractivity contribution in [3.63, 3.8) is 0 Å². The monoisotopic (exact) mass is 560 g/mol. The van der Waals surface area contributed by atoms with Crippen molar-refractivity contribution in [3.8, 4) is 0 Å². The van der Waals surface area contributed by atoms with Gasteiger partial charge in [0.1, 0.15) is 0 Å². The molecule has 0 aliphatic rings. The molecule has 0 unspecified atom stereocenters. The maximum atomic E-state index is 12.5. The standard InChI is InChI=1S/2C7HF5O2.Ba/c2*8-2-1(7(13)14)3(9)5(11)6(12)4(2)10;/h2*(H,13,14);/q;;+2/p-2. The average molecular weight is 559 g/mol. The minimum absolute atomic E-state index is 0. The molecule has 0 atom stereocenters. The molecule has 0 bridgehead atoms. The summed E-state index contributed by atoms with van der Waals surface area (Å²) in [7, 11) is 0. The van der Waals surface area contributed by atoms with Gasteiger partial charge < -0.3 is 19.8 Å². The largest absolute Gasteiger partial charge is 2.00 e. The minimum Gasteiger partial charge on any atom is -0.545 e. The zero-order valence-electron chi connectivity index (χ0n) is 13.1. The summed E-state index contributed by atoms with van der Waals surface area (Å²) in [5, 5.41) is 20.0. The Morgan fingerprint density at radius 1 is 0.414 bits per heavy atom. The molecular formula is C14BaF10O4. The van der Waals surface area contributed by atoms with Gasteiger partial charge in [-0.15, -0.1) is 0 Å². The Hall–Kier alpha value is -1.75. The number of benzene rings is 2. The van der Waals surface area contributed by atoms with Crippen LogP contribution in [0.15, 0.2) is 0 Å². The molecule has 0 saturated heterocycles. The topological polar surface area (TPSA) is 80.3 Å². The van der Waals surface area contributed by atoms with E-state index in [2.05, 4.69) is 0 Å². The summed E-state index contributed by atoms with van der Waals surface area (Å²) in [6, 6.07) is 0. The van der Waals surface area contributed by atoms with Gasteiger partial charge >= 0.3 is 48.9 Å². The molecule has 0 aromatic heterocycles. The maximum absolute atomic E-state index is 12.5. The number of carbonyl (C=O) groups excluding carboxylic acids is 2. The SMILES string of the molecule is O=C([O-])c1c(F)c(F)c(F)c(F)c1F.O=C([O-])c1c(F)c(F)c(F)c(F)c1F.[Ba+2]. The molecule has 0 spiro atoms. The predicted molar refractivity (Wildman–Crippen MR) is 66.9 cm³/mol. The van der Waals surface area contributed by atoms with Crippen LogP contribution in [-0.4, -0.2) is 60.8 Å². The molecule has 0 fully saturated rings. The van der Waals surface area contributed by atoms with Crippen LogP contribution in [0, 0.1) is 58.2 Å². The number of halogens is 10. The zero-order valence-corrected chi connectivity index (χ0v) is 17.6. The second-order valence-electron chi connectivity index (χ2n) is 4.46. The van der Waals surface area contributed by atoms with Gasteiger partial charge in [-0.25, -0.2) is 43.9 Å². The maximum Gasteiger partial charge on any atom is 2.00 e. The Bertz CT molecular complexity index is 858. The Kier molecular flexibility index (Phi) is 9.71. The van der Waals surface area contributed by atoms with E-state index in [1.165, 1.54) is 0 Å². The summed E-state index contributed by atoms with van der Waals surface area (Å²) >= 11 is 0. The molecule has 0 aliphatic carbocycles. The van der Waals surface area contributed by atoms with Gasteiger partial charge in [0.15, 0.2) is 46.5 Å². The van der Waals surface area contributed by atoms with E-state index in [0.717, 1.165) is 0 Å². The first-order valence-electron chi connectivity index (χ1n) is 6.21. The molecule has 4 nitrogen and oxygen atoms in total. The van der Waals surface area contributed by atoms with Crippen LogP contribution in [-0.2, 0) is 0 Å². The van der Waals surface area contributed by atoms with Crippen molar-refractivity contribution in [2.24, 2.45) is 0 Å². The molecule has 2 aromatic carbocycles. The van der Waals surface area contributed by atoms with E-state index in [1.807, 2.05) is 0 Å². The van der Waals surface area contributed by atoms with E-state index in [-0.39, 0.29) is 48.9 Å². The summed E-state index contributed by atoms with van der Waals surface area (Å²) in [5.41, 5.74) is -3.94. The van der Waals surface area contributed by atoms with Crippen LogP contribution in [0.1, 0.15) is 20.7 Å². The van der Waals surface area contributed by atoms with Gasteiger partial charge in [-0.3, -0.25) is 0 Å². The van der Waals surface area contributed by atoms with E-state index >= 15 is 0 Å². The molecule has 2 aromatic rings. The molecule has 0 saturated carbocycles. The number of carboxylic acid groups (broad SMARTS) is 2. The van der Waals surface area contributed by atoms with Crippen molar-refractivity contribution in [2.75, 3.05) is 0 Å². The smallest absolute Gasteiger partial charge is 0.545 e. The van der Waals surface area contributed by atoms with Crippen LogP contribution in [0.25, 0.3) is 0 Å². The fourth-order valence-corrected chi connectivity index (χ4v) is 1.57. The fraction of sp³-hybridized carbons (Fsp3) is 0. The summed E-state index contributed by atoms with van der Waals surface area (Å²) in [6.07, 6.45) is 0. The Morgan fingerprint density at radius 2 is 0.552 bits per heavy atom. The first-order valence-corrected chi connectivity index (χ1v) is 6.21. The van der Waals surface area contributed by atoms with Gasteiger partial charge in [0.25, 0.3) is 0 Å². The third kappa shape index (κ3) is 5.25. The van der Waals surface area contributed by atoms with E-state index in [9.17, 15) is 63.7 Å². The number of aromatic carboxylic acids is 2. The Morgan fingerprint density at radius 3 is 0.690 bits per heavy atom. The number of hydrogen-bond acceptors (Lipinski definition) is 4. The van der Waals surface area contributed by atoms with Gasteiger partial charge in [-0.05, 0) is 0 Å². The summed E-state index contributed by atoms with van der Waals surface area (Å²) in [5.74, 6) is -28.7. The third-order valence-electron chi connectivity index (χ3n) is 2.83. The van der Waals surface area contributed by atoms with Crippen molar-refractivity contribution in [1.29, 1.82) is 0 Å². The molecule has 0 amide bonds. The molecule has 0 heterocycles. The van der Waals surface area contributed by atoms with Crippen LogP contribution in [0.5, 0.6) is 0 Å². The van der Waals surface area contributed by atoms with Gasteiger partial charge in [-0.1, -0.05) is 0 Å². The summed E-state index contributed by atoms with van der Waals surface area (Å²) < 4.78 is 124. The molecule has 2 rings (SSSR count). The van der Waals surface area contributed by atoms with Crippen LogP contribution in [0.4, 0.5) is 43.9 Å². The molecule has 152 valence electrons. The quantitative estimate of drug-likeness (QED) is 0.239. The average Bonchev–Trinajstić information content (AvgIpc) is 2.61. The van der Waals surface area contributed by atoms with Gasteiger partial charge in [0.05, 0.1) is 23.1 Å². The number of carbonyl (C=O) groups is 2. The Labute approximate surface area is 192 Å². The van der Waals surface area contributed by atoms with E-state index in [4.69, 9.17) is 0 Å². The third-order valence-corrected chi connectivity index (χ3v) is 2.83. The molecule has 29 heavy (non-hydrogen) atoms.